The molecule has 0 aliphatic heterocycles. The number of aromatic nitrogens is 1. The van der Waals surface area contributed by atoms with E-state index in [1.807, 2.05) is 19.1 Å². The van der Waals surface area contributed by atoms with E-state index in [9.17, 15) is 9.18 Å². The standard InChI is InChI=1S/C25H22FN3O4S/c1-15-5-7-17(8-6-15)24(30)29(25-28-19-10-9-18(26)13-22(19)34-25)27-14-16-11-20(31-2)23(33-4)21(12-16)32-3/h5-14H,1-4H3/b27-14+. The van der Waals surface area contributed by atoms with Crippen LogP contribution in [0, 0.1) is 12.7 Å². The largest absolute Gasteiger partial charge is 0.493 e. The number of rotatable bonds is 7. The van der Waals surface area contributed by atoms with E-state index < -0.39 is 0 Å². The normalized spacial score (nSPS) is 11.1. The van der Waals surface area contributed by atoms with Crippen LogP contribution in [0.2, 0.25) is 0 Å². The van der Waals surface area contributed by atoms with E-state index in [-0.39, 0.29) is 11.7 Å². The third-order valence-electron chi connectivity index (χ3n) is 5.02. The van der Waals surface area contributed by atoms with Gasteiger partial charge in [0.15, 0.2) is 11.5 Å². The van der Waals surface area contributed by atoms with Crippen molar-refractivity contribution >= 4 is 38.8 Å². The number of hydrogen-bond donors (Lipinski definition) is 0. The summed E-state index contributed by atoms with van der Waals surface area (Å²) in [6.07, 6.45) is 1.50. The fourth-order valence-corrected chi connectivity index (χ4v) is 4.23. The van der Waals surface area contributed by atoms with Crippen LogP contribution in [0.15, 0.2) is 59.7 Å². The van der Waals surface area contributed by atoms with Gasteiger partial charge in [-0.25, -0.2) is 9.37 Å². The molecular weight excluding hydrogens is 457 g/mol. The first-order valence-electron chi connectivity index (χ1n) is 10.2. The highest BCUT2D eigenvalue weighted by atomic mass is 32.1. The monoisotopic (exact) mass is 479 g/mol. The van der Waals surface area contributed by atoms with E-state index in [2.05, 4.69) is 10.1 Å². The molecule has 0 spiro atoms. The zero-order valence-corrected chi connectivity index (χ0v) is 19.9. The van der Waals surface area contributed by atoms with Crippen LogP contribution in [0.3, 0.4) is 0 Å². The number of anilines is 1. The maximum absolute atomic E-state index is 13.7. The SMILES string of the molecule is COc1cc(/C=N/N(C(=O)c2ccc(C)cc2)c2nc3ccc(F)cc3s2)cc(OC)c1OC. The van der Waals surface area contributed by atoms with Gasteiger partial charge in [-0.3, -0.25) is 4.79 Å². The van der Waals surface area contributed by atoms with Gasteiger partial charge in [0, 0.05) is 11.1 Å². The molecule has 174 valence electrons. The van der Waals surface area contributed by atoms with Gasteiger partial charge in [0.05, 0.1) is 37.8 Å². The fraction of sp³-hybridized carbons (Fsp3) is 0.160. The average molecular weight is 480 g/mol. The zero-order chi connectivity index (χ0) is 24.2. The second-order valence-corrected chi connectivity index (χ2v) is 8.30. The van der Waals surface area contributed by atoms with Crippen molar-refractivity contribution in [3.05, 3.63) is 77.1 Å². The minimum absolute atomic E-state index is 0.315. The minimum atomic E-state index is -0.375. The highest BCUT2D eigenvalue weighted by Crippen LogP contribution is 2.38. The van der Waals surface area contributed by atoms with Crippen molar-refractivity contribution in [2.75, 3.05) is 26.3 Å². The lowest BCUT2D eigenvalue weighted by Gasteiger charge is -2.15. The van der Waals surface area contributed by atoms with Crippen molar-refractivity contribution in [2.45, 2.75) is 6.92 Å². The predicted molar refractivity (Wildman–Crippen MR) is 131 cm³/mol. The van der Waals surface area contributed by atoms with Crippen LogP contribution < -0.4 is 19.2 Å². The molecule has 0 bridgehead atoms. The summed E-state index contributed by atoms with van der Waals surface area (Å²) in [6, 6.07) is 14.9. The fourth-order valence-electron chi connectivity index (χ4n) is 3.28. The molecular formula is C25H22FN3O4S. The van der Waals surface area contributed by atoms with Crippen LogP contribution in [0.5, 0.6) is 17.2 Å². The lowest BCUT2D eigenvalue weighted by Crippen LogP contribution is -2.25. The van der Waals surface area contributed by atoms with E-state index in [0.717, 1.165) is 5.56 Å². The van der Waals surface area contributed by atoms with E-state index in [0.29, 0.717) is 43.7 Å². The number of hydrogen-bond acceptors (Lipinski definition) is 7. The second-order valence-electron chi connectivity index (χ2n) is 7.29. The lowest BCUT2D eigenvalue weighted by molar-refractivity contribution is 0.0988. The smallest absolute Gasteiger partial charge is 0.280 e. The third kappa shape index (κ3) is 4.69. The minimum Gasteiger partial charge on any atom is -0.493 e. The molecule has 0 saturated heterocycles. The van der Waals surface area contributed by atoms with Crippen molar-refractivity contribution in [2.24, 2.45) is 5.10 Å². The summed E-state index contributed by atoms with van der Waals surface area (Å²) in [6.45, 7) is 1.94. The van der Waals surface area contributed by atoms with Crippen molar-refractivity contribution in [1.82, 2.24) is 4.98 Å². The molecule has 4 rings (SSSR count). The molecule has 0 radical (unpaired) electrons. The molecule has 0 aliphatic rings. The number of hydrazone groups is 1. The molecule has 34 heavy (non-hydrogen) atoms. The topological polar surface area (TPSA) is 73.2 Å². The van der Waals surface area contributed by atoms with E-state index in [4.69, 9.17) is 14.2 Å². The molecule has 0 aliphatic carbocycles. The summed E-state index contributed by atoms with van der Waals surface area (Å²) in [7, 11) is 4.56. The van der Waals surface area contributed by atoms with Gasteiger partial charge < -0.3 is 14.2 Å². The molecule has 1 amide bonds. The maximum atomic E-state index is 13.7. The summed E-state index contributed by atoms with van der Waals surface area (Å²) in [5.41, 5.74) is 2.66. The van der Waals surface area contributed by atoms with Crippen molar-refractivity contribution in [3.8, 4) is 17.2 Å². The Morgan fingerprint density at radius 2 is 1.68 bits per heavy atom. The quantitative estimate of drug-likeness (QED) is 0.260. The van der Waals surface area contributed by atoms with Crippen LogP contribution in [-0.4, -0.2) is 38.4 Å². The number of amides is 1. The summed E-state index contributed by atoms with van der Waals surface area (Å²) in [5, 5.41) is 5.97. The summed E-state index contributed by atoms with van der Waals surface area (Å²) in [4.78, 5) is 17.9. The molecule has 0 saturated carbocycles. The van der Waals surface area contributed by atoms with Crippen molar-refractivity contribution in [3.63, 3.8) is 0 Å². The Balaban J connectivity index is 1.78. The zero-order valence-electron chi connectivity index (χ0n) is 19.0. The van der Waals surface area contributed by atoms with Gasteiger partial charge in [-0.2, -0.15) is 10.1 Å². The first-order valence-corrected chi connectivity index (χ1v) is 11.1. The van der Waals surface area contributed by atoms with Crippen molar-refractivity contribution in [1.29, 1.82) is 0 Å². The van der Waals surface area contributed by atoms with Gasteiger partial charge in [-0.05, 0) is 49.4 Å². The summed E-state index contributed by atoms with van der Waals surface area (Å²) in [5.74, 6) is 0.608. The van der Waals surface area contributed by atoms with Crippen LogP contribution in [0.1, 0.15) is 21.5 Å². The Morgan fingerprint density at radius 3 is 2.29 bits per heavy atom. The molecule has 7 nitrogen and oxygen atoms in total. The average Bonchev–Trinajstić information content (AvgIpc) is 3.26. The van der Waals surface area contributed by atoms with Gasteiger partial charge in [-0.15, -0.1) is 0 Å². The summed E-state index contributed by atoms with van der Waals surface area (Å²) < 4.78 is 30.5. The Bertz CT molecular complexity index is 1340. The Hall–Kier alpha value is -3.98. The number of ether oxygens (including phenoxy) is 3. The summed E-state index contributed by atoms with van der Waals surface area (Å²) >= 11 is 1.17. The number of aryl methyl sites for hydroxylation is 1. The van der Waals surface area contributed by atoms with Crippen molar-refractivity contribution < 1.29 is 23.4 Å². The van der Waals surface area contributed by atoms with E-state index in [1.165, 1.54) is 56.0 Å². The Labute approximate surface area is 200 Å². The molecule has 4 aromatic rings. The second kappa shape index (κ2) is 9.88. The van der Waals surface area contributed by atoms with Crippen LogP contribution >= 0.6 is 11.3 Å². The molecule has 0 fully saturated rings. The molecule has 0 unspecified atom stereocenters. The van der Waals surface area contributed by atoms with Gasteiger partial charge in [0.2, 0.25) is 10.9 Å². The van der Waals surface area contributed by atoms with E-state index in [1.54, 1.807) is 30.3 Å². The number of carbonyl (C=O) groups excluding carboxylic acids is 1. The van der Waals surface area contributed by atoms with Gasteiger partial charge >= 0.3 is 0 Å². The van der Waals surface area contributed by atoms with Crippen LogP contribution in [0.4, 0.5) is 9.52 Å². The molecule has 1 heterocycles. The highest BCUT2D eigenvalue weighted by Gasteiger charge is 2.21. The Morgan fingerprint density at radius 1 is 1.00 bits per heavy atom. The van der Waals surface area contributed by atoms with Gasteiger partial charge in [0.1, 0.15) is 5.82 Å². The Kier molecular flexibility index (Phi) is 6.74. The molecule has 3 aromatic carbocycles. The molecule has 9 heteroatoms. The highest BCUT2D eigenvalue weighted by molar-refractivity contribution is 7.22. The molecule has 1 aromatic heterocycles. The molecule has 0 atom stereocenters. The predicted octanol–water partition coefficient (Wildman–Crippen LogP) is 5.45. The first-order chi connectivity index (χ1) is 16.4. The number of thiazole rings is 1. The number of fused-ring (bicyclic) bond motifs is 1. The number of benzene rings is 3. The number of nitrogens with zero attached hydrogens (tertiary/aromatic N) is 3. The molecule has 0 N–H and O–H groups in total. The van der Waals surface area contributed by atoms with Gasteiger partial charge in [-0.1, -0.05) is 29.0 Å². The number of methoxy groups -OCH3 is 3. The third-order valence-corrected chi connectivity index (χ3v) is 6.01. The maximum Gasteiger partial charge on any atom is 0.280 e. The number of carbonyl (C=O) groups is 1. The van der Waals surface area contributed by atoms with E-state index >= 15 is 0 Å². The first kappa shape index (κ1) is 23.2. The lowest BCUT2D eigenvalue weighted by atomic mass is 10.1. The number of halogens is 1. The van der Waals surface area contributed by atoms with Crippen LogP contribution in [0.25, 0.3) is 10.2 Å². The van der Waals surface area contributed by atoms with Gasteiger partial charge in [0.25, 0.3) is 5.91 Å². The van der Waals surface area contributed by atoms with Crippen LogP contribution in [-0.2, 0) is 0 Å².